The fourth-order valence-corrected chi connectivity index (χ4v) is 4.60. The number of amides is 2. The summed E-state index contributed by atoms with van der Waals surface area (Å²) in [6.07, 6.45) is 2.24. The van der Waals surface area contributed by atoms with Crippen LogP contribution in [0.15, 0.2) is 48.5 Å². The number of anilines is 1. The summed E-state index contributed by atoms with van der Waals surface area (Å²) in [5.74, 6) is -0.827. The highest BCUT2D eigenvalue weighted by molar-refractivity contribution is 7.92. The Bertz CT molecular complexity index is 1100. The zero-order chi connectivity index (χ0) is 25.5. The summed E-state index contributed by atoms with van der Waals surface area (Å²) >= 11 is 12.3. The summed E-state index contributed by atoms with van der Waals surface area (Å²) in [7, 11) is -3.88. The predicted molar refractivity (Wildman–Crippen MR) is 138 cm³/mol. The molecule has 2 aromatic carbocycles. The van der Waals surface area contributed by atoms with Crippen LogP contribution in [0.2, 0.25) is 10.0 Å². The molecule has 0 spiro atoms. The molecule has 2 amide bonds. The maximum absolute atomic E-state index is 13.5. The minimum atomic E-state index is -3.88. The van der Waals surface area contributed by atoms with Crippen molar-refractivity contribution in [1.29, 1.82) is 0 Å². The van der Waals surface area contributed by atoms with Gasteiger partial charge in [-0.1, -0.05) is 60.5 Å². The largest absolute Gasteiger partial charge is 0.352 e. The zero-order valence-electron chi connectivity index (χ0n) is 19.8. The van der Waals surface area contributed by atoms with Gasteiger partial charge in [0.2, 0.25) is 21.8 Å². The van der Waals surface area contributed by atoms with Crippen LogP contribution in [0.25, 0.3) is 0 Å². The van der Waals surface area contributed by atoms with Gasteiger partial charge in [0.05, 0.1) is 17.0 Å². The molecule has 0 aromatic heterocycles. The quantitative estimate of drug-likeness (QED) is 0.475. The Hall–Kier alpha value is -2.29. The van der Waals surface area contributed by atoms with Crippen molar-refractivity contribution < 1.29 is 18.0 Å². The number of sulfonamides is 1. The molecule has 2 aromatic rings. The van der Waals surface area contributed by atoms with Crippen molar-refractivity contribution in [2.75, 3.05) is 23.7 Å². The smallest absolute Gasteiger partial charge is 0.244 e. The third-order valence-corrected chi connectivity index (χ3v) is 7.19. The Balaban J connectivity index is 2.35. The topological polar surface area (TPSA) is 86.8 Å². The molecule has 0 aliphatic heterocycles. The van der Waals surface area contributed by atoms with Crippen LogP contribution in [-0.4, -0.2) is 56.6 Å². The molecule has 0 heterocycles. The lowest BCUT2D eigenvalue weighted by molar-refractivity contribution is -0.139. The van der Waals surface area contributed by atoms with Crippen molar-refractivity contribution in [3.63, 3.8) is 0 Å². The SMILES string of the molecule is CC[C@H](C)NC(=O)[C@@H](C)N(CCc1ccccc1)C(=O)CN(c1cc(Cl)ccc1Cl)S(C)(=O)=O. The lowest BCUT2D eigenvalue weighted by atomic mass is 10.1. The fourth-order valence-electron chi connectivity index (χ4n) is 3.31. The van der Waals surface area contributed by atoms with Crippen LogP contribution < -0.4 is 9.62 Å². The molecular weight excluding hydrogens is 497 g/mol. The molecule has 2 atom stereocenters. The Morgan fingerprint density at radius 3 is 2.29 bits per heavy atom. The molecule has 0 bridgehead atoms. The third-order valence-electron chi connectivity index (χ3n) is 5.51. The van der Waals surface area contributed by atoms with E-state index < -0.39 is 28.5 Å². The summed E-state index contributed by atoms with van der Waals surface area (Å²) in [5.41, 5.74) is 1.09. The van der Waals surface area contributed by atoms with Crippen LogP contribution in [0, 0.1) is 0 Å². The van der Waals surface area contributed by atoms with Crippen molar-refractivity contribution in [1.82, 2.24) is 10.2 Å². The Kier molecular flexibility index (Phi) is 10.2. The molecule has 0 aliphatic carbocycles. The molecule has 7 nitrogen and oxygen atoms in total. The number of carbonyl (C=O) groups excluding carboxylic acids is 2. The molecule has 1 N–H and O–H groups in total. The van der Waals surface area contributed by atoms with Gasteiger partial charge in [0.25, 0.3) is 0 Å². The van der Waals surface area contributed by atoms with Gasteiger partial charge in [-0.3, -0.25) is 13.9 Å². The van der Waals surface area contributed by atoms with Crippen LogP contribution in [-0.2, 0) is 26.0 Å². The summed E-state index contributed by atoms with van der Waals surface area (Å²) in [6.45, 7) is 5.19. The van der Waals surface area contributed by atoms with Gasteiger partial charge in [-0.2, -0.15) is 0 Å². The number of carbonyl (C=O) groups is 2. The van der Waals surface area contributed by atoms with E-state index in [0.717, 1.165) is 22.5 Å². The molecule has 0 saturated carbocycles. The minimum absolute atomic E-state index is 0.0567. The maximum Gasteiger partial charge on any atom is 0.244 e. The number of hydrogen-bond donors (Lipinski definition) is 1. The zero-order valence-corrected chi connectivity index (χ0v) is 22.1. The monoisotopic (exact) mass is 527 g/mol. The van der Waals surface area contributed by atoms with E-state index in [0.29, 0.717) is 6.42 Å². The van der Waals surface area contributed by atoms with Gasteiger partial charge < -0.3 is 10.2 Å². The summed E-state index contributed by atoms with van der Waals surface area (Å²) < 4.78 is 26.1. The van der Waals surface area contributed by atoms with Crippen LogP contribution >= 0.6 is 23.2 Å². The summed E-state index contributed by atoms with van der Waals surface area (Å²) in [5, 5.41) is 3.31. The molecule has 2 rings (SSSR count). The number of nitrogens with one attached hydrogen (secondary N) is 1. The van der Waals surface area contributed by atoms with Gasteiger partial charge in [0, 0.05) is 17.6 Å². The van der Waals surface area contributed by atoms with E-state index in [1.165, 1.54) is 23.1 Å². The van der Waals surface area contributed by atoms with Crippen LogP contribution in [0.4, 0.5) is 5.69 Å². The number of halogens is 2. The predicted octanol–water partition coefficient (Wildman–Crippen LogP) is 4.13. The second kappa shape index (κ2) is 12.4. The Labute approximate surface area is 212 Å². The third kappa shape index (κ3) is 7.89. The number of rotatable bonds is 11. The Morgan fingerprint density at radius 1 is 1.06 bits per heavy atom. The highest BCUT2D eigenvalue weighted by atomic mass is 35.5. The van der Waals surface area contributed by atoms with Crippen molar-refractivity contribution >= 4 is 50.7 Å². The second-order valence-corrected chi connectivity index (χ2v) is 10.9. The van der Waals surface area contributed by atoms with Gasteiger partial charge in [0.15, 0.2) is 0 Å². The summed E-state index contributed by atoms with van der Waals surface area (Å²) in [4.78, 5) is 27.7. The first-order valence-corrected chi connectivity index (χ1v) is 13.6. The summed E-state index contributed by atoms with van der Waals surface area (Å²) in [6, 6.07) is 13.1. The number of hydrogen-bond acceptors (Lipinski definition) is 4. The standard InChI is InChI=1S/C24H31Cl2N3O4S/c1-5-17(2)27-24(31)18(3)28(14-13-19-9-7-6-8-10-19)23(30)16-29(34(4,32)33)22-15-20(25)11-12-21(22)26/h6-12,15,17-18H,5,13-14,16H2,1-4H3,(H,27,31)/t17-,18+/m0/s1. The van der Waals surface area contributed by atoms with E-state index in [9.17, 15) is 18.0 Å². The van der Waals surface area contributed by atoms with Gasteiger partial charge in [-0.25, -0.2) is 8.42 Å². The molecule has 0 fully saturated rings. The normalized spacial score (nSPS) is 13.1. The number of nitrogens with zero attached hydrogens (tertiary/aromatic N) is 2. The molecule has 0 unspecified atom stereocenters. The average molecular weight is 529 g/mol. The second-order valence-electron chi connectivity index (χ2n) is 8.18. The van der Waals surface area contributed by atoms with Crippen LogP contribution in [0.3, 0.4) is 0 Å². The minimum Gasteiger partial charge on any atom is -0.352 e. The first-order chi connectivity index (χ1) is 15.9. The van der Waals surface area contributed by atoms with E-state index in [2.05, 4.69) is 5.32 Å². The van der Waals surface area contributed by atoms with Crippen LogP contribution in [0.5, 0.6) is 0 Å². The molecular formula is C24H31Cl2N3O4S. The highest BCUT2D eigenvalue weighted by Crippen LogP contribution is 2.30. The average Bonchev–Trinajstić information content (AvgIpc) is 2.79. The van der Waals surface area contributed by atoms with Crippen molar-refractivity contribution in [2.24, 2.45) is 0 Å². The lowest BCUT2D eigenvalue weighted by Crippen LogP contribution is -2.53. The van der Waals surface area contributed by atoms with E-state index in [1.54, 1.807) is 6.92 Å². The Morgan fingerprint density at radius 2 is 1.71 bits per heavy atom. The van der Waals surface area contributed by atoms with Gasteiger partial charge in [-0.15, -0.1) is 0 Å². The van der Waals surface area contributed by atoms with E-state index in [4.69, 9.17) is 23.2 Å². The highest BCUT2D eigenvalue weighted by Gasteiger charge is 2.31. The van der Waals surface area contributed by atoms with E-state index >= 15 is 0 Å². The molecule has 186 valence electrons. The van der Waals surface area contributed by atoms with Gasteiger partial charge in [-0.05, 0) is 50.5 Å². The van der Waals surface area contributed by atoms with Crippen molar-refractivity contribution in [3.05, 3.63) is 64.1 Å². The number of benzene rings is 2. The van der Waals surface area contributed by atoms with E-state index in [-0.39, 0.29) is 34.2 Å². The van der Waals surface area contributed by atoms with Crippen LogP contribution in [0.1, 0.15) is 32.8 Å². The first-order valence-electron chi connectivity index (χ1n) is 11.0. The lowest BCUT2D eigenvalue weighted by Gasteiger charge is -2.32. The molecule has 34 heavy (non-hydrogen) atoms. The first kappa shape index (κ1) is 28.0. The molecule has 0 aliphatic rings. The van der Waals surface area contributed by atoms with Gasteiger partial charge >= 0.3 is 0 Å². The molecule has 0 radical (unpaired) electrons. The van der Waals surface area contributed by atoms with Crippen molar-refractivity contribution in [2.45, 2.75) is 45.7 Å². The maximum atomic E-state index is 13.5. The molecule has 0 saturated heterocycles. The fraction of sp³-hybridized carbons (Fsp3) is 0.417. The van der Waals surface area contributed by atoms with Gasteiger partial charge in [0.1, 0.15) is 12.6 Å². The van der Waals surface area contributed by atoms with Crippen molar-refractivity contribution in [3.8, 4) is 0 Å². The van der Waals surface area contributed by atoms with E-state index in [1.807, 2.05) is 44.2 Å². The molecule has 10 heteroatoms.